The smallest absolute Gasteiger partial charge is 0.258 e. The van der Waals surface area contributed by atoms with Crippen LogP contribution in [0.3, 0.4) is 0 Å². The molecule has 1 amide bonds. The highest BCUT2D eigenvalue weighted by Crippen LogP contribution is 2.31. The second-order valence-corrected chi connectivity index (χ2v) is 6.00. The zero-order chi connectivity index (χ0) is 17.1. The number of amides is 1. The minimum absolute atomic E-state index is 0.0471. The molecule has 3 rings (SSSR count). The number of fused-ring (bicyclic) bond motifs is 1. The summed E-state index contributed by atoms with van der Waals surface area (Å²) in [5.74, 6) is 0.892. The summed E-state index contributed by atoms with van der Waals surface area (Å²) in [6, 6.07) is 13.4. The van der Waals surface area contributed by atoms with Crippen LogP contribution in [0.15, 0.2) is 46.9 Å². The second kappa shape index (κ2) is 6.74. The second-order valence-electron chi connectivity index (χ2n) is 6.00. The van der Waals surface area contributed by atoms with Crippen molar-refractivity contribution >= 4 is 17.0 Å². The fourth-order valence-electron chi connectivity index (χ4n) is 2.43. The van der Waals surface area contributed by atoms with Crippen molar-refractivity contribution in [1.29, 1.82) is 0 Å². The molecule has 124 valence electrons. The molecule has 1 N–H and O–H groups in total. The lowest BCUT2D eigenvalue weighted by Gasteiger charge is -2.11. The first-order valence-corrected chi connectivity index (χ1v) is 7.91. The number of hydrogen-bond acceptors (Lipinski definition) is 4. The Balaban J connectivity index is 1.86. The minimum atomic E-state index is -0.159. The highest BCUT2D eigenvalue weighted by Gasteiger charge is 2.14. The molecule has 3 aromatic rings. The maximum Gasteiger partial charge on any atom is 0.258 e. The molecular weight excluding hydrogens is 304 g/mol. The fraction of sp³-hybridized carbons (Fsp3) is 0.263. The number of oxazole rings is 1. The number of hydrogen-bond donors (Lipinski definition) is 1. The summed E-state index contributed by atoms with van der Waals surface area (Å²) in [6.45, 7) is 5.78. The van der Waals surface area contributed by atoms with E-state index in [0.29, 0.717) is 11.6 Å². The van der Waals surface area contributed by atoms with Gasteiger partial charge in [-0.05, 0) is 50.6 Å². The number of nitrogens with one attached hydrogen (secondary N) is 1. The molecule has 5 nitrogen and oxygen atoms in total. The normalized spacial score (nSPS) is 11.0. The molecule has 0 aliphatic heterocycles. The van der Waals surface area contributed by atoms with Gasteiger partial charge in [0.25, 0.3) is 5.91 Å². The monoisotopic (exact) mass is 324 g/mol. The van der Waals surface area contributed by atoms with E-state index in [4.69, 9.17) is 9.15 Å². The van der Waals surface area contributed by atoms with Crippen molar-refractivity contribution in [3.63, 3.8) is 0 Å². The molecule has 1 heterocycles. The third kappa shape index (κ3) is 3.56. The Kier molecular flexibility index (Phi) is 4.51. The third-order valence-electron chi connectivity index (χ3n) is 3.47. The van der Waals surface area contributed by atoms with Gasteiger partial charge in [-0.25, -0.2) is 4.98 Å². The highest BCUT2D eigenvalue weighted by atomic mass is 16.5. The van der Waals surface area contributed by atoms with E-state index in [9.17, 15) is 4.79 Å². The number of carbonyl (C=O) groups is 1. The molecule has 24 heavy (non-hydrogen) atoms. The maximum absolute atomic E-state index is 11.8. The summed E-state index contributed by atoms with van der Waals surface area (Å²) < 4.78 is 11.5. The number of ether oxygens (including phenoxy) is 1. The van der Waals surface area contributed by atoms with Gasteiger partial charge in [-0.15, -0.1) is 0 Å². The van der Waals surface area contributed by atoms with Crippen molar-refractivity contribution in [2.45, 2.75) is 26.8 Å². The number of nitrogens with zero attached hydrogens (tertiary/aromatic N) is 1. The first kappa shape index (κ1) is 16.1. The van der Waals surface area contributed by atoms with Crippen LogP contribution in [-0.4, -0.2) is 23.5 Å². The van der Waals surface area contributed by atoms with Gasteiger partial charge in [0, 0.05) is 6.04 Å². The molecule has 0 bridgehead atoms. The molecule has 0 saturated carbocycles. The van der Waals surface area contributed by atoms with E-state index in [1.54, 1.807) is 6.07 Å². The topological polar surface area (TPSA) is 64.4 Å². The maximum atomic E-state index is 11.8. The van der Waals surface area contributed by atoms with Crippen LogP contribution >= 0.6 is 0 Å². The van der Waals surface area contributed by atoms with Crippen molar-refractivity contribution in [2.75, 3.05) is 6.61 Å². The Morgan fingerprint density at radius 3 is 2.83 bits per heavy atom. The van der Waals surface area contributed by atoms with Gasteiger partial charge in [-0.3, -0.25) is 4.79 Å². The van der Waals surface area contributed by atoms with Gasteiger partial charge >= 0.3 is 0 Å². The SMILES string of the molecule is Cc1ccc2oc(-c3ccccc3OCC(=O)NC(C)C)nc2c1. The molecule has 0 spiro atoms. The molecule has 0 aliphatic rings. The van der Waals surface area contributed by atoms with Crippen LogP contribution in [0.5, 0.6) is 5.75 Å². The Hall–Kier alpha value is -2.82. The quantitative estimate of drug-likeness (QED) is 0.777. The van der Waals surface area contributed by atoms with Crippen molar-refractivity contribution in [2.24, 2.45) is 0 Å². The largest absolute Gasteiger partial charge is 0.483 e. The molecule has 2 aromatic carbocycles. The van der Waals surface area contributed by atoms with Gasteiger partial charge < -0.3 is 14.5 Å². The van der Waals surface area contributed by atoms with Gasteiger partial charge in [0.1, 0.15) is 11.3 Å². The van der Waals surface area contributed by atoms with Crippen LogP contribution < -0.4 is 10.1 Å². The van der Waals surface area contributed by atoms with Gasteiger partial charge in [-0.1, -0.05) is 18.2 Å². The van der Waals surface area contributed by atoms with E-state index in [2.05, 4.69) is 10.3 Å². The Bertz CT molecular complexity index is 868. The summed E-state index contributed by atoms with van der Waals surface area (Å²) in [5, 5.41) is 2.80. The van der Waals surface area contributed by atoms with E-state index in [1.165, 1.54) is 0 Å². The fourth-order valence-corrected chi connectivity index (χ4v) is 2.43. The Morgan fingerprint density at radius 1 is 1.25 bits per heavy atom. The zero-order valence-electron chi connectivity index (χ0n) is 14.0. The lowest BCUT2D eigenvalue weighted by atomic mass is 10.2. The first-order chi connectivity index (χ1) is 11.5. The van der Waals surface area contributed by atoms with Gasteiger partial charge in [0.05, 0.1) is 5.56 Å². The molecule has 0 radical (unpaired) electrons. The molecule has 5 heteroatoms. The van der Waals surface area contributed by atoms with E-state index in [0.717, 1.165) is 22.2 Å². The molecule has 0 aliphatic carbocycles. The van der Waals surface area contributed by atoms with Crippen molar-refractivity contribution in [1.82, 2.24) is 10.3 Å². The zero-order valence-corrected chi connectivity index (χ0v) is 14.0. The van der Waals surface area contributed by atoms with Crippen molar-refractivity contribution in [3.8, 4) is 17.2 Å². The molecule has 0 saturated heterocycles. The minimum Gasteiger partial charge on any atom is -0.483 e. The molecule has 0 atom stereocenters. The van der Waals surface area contributed by atoms with Crippen LogP contribution in [0.1, 0.15) is 19.4 Å². The highest BCUT2D eigenvalue weighted by molar-refractivity contribution is 5.79. The third-order valence-corrected chi connectivity index (χ3v) is 3.47. The van der Waals surface area contributed by atoms with Crippen LogP contribution in [-0.2, 0) is 4.79 Å². The van der Waals surface area contributed by atoms with Crippen LogP contribution in [0.2, 0.25) is 0 Å². The summed E-state index contributed by atoms with van der Waals surface area (Å²) in [7, 11) is 0. The van der Waals surface area contributed by atoms with Crippen LogP contribution in [0.4, 0.5) is 0 Å². The van der Waals surface area contributed by atoms with Crippen molar-refractivity contribution < 1.29 is 13.9 Å². The molecular formula is C19H20N2O3. The van der Waals surface area contributed by atoms with E-state index < -0.39 is 0 Å². The number of rotatable bonds is 5. The summed E-state index contributed by atoms with van der Waals surface area (Å²) in [4.78, 5) is 16.3. The lowest BCUT2D eigenvalue weighted by Crippen LogP contribution is -2.34. The van der Waals surface area contributed by atoms with Gasteiger partial charge in [0.15, 0.2) is 12.2 Å². The Labute approximate surface area is 140 Å². The van der Waals surface area contributed by atoms with Crippen LogP contribution in [0.25, 0.3) is 22.6 Å². The number of aromatic nitrogens is 1. The Morgan fingerprint density at radius 2 is 2.04 bits per heavy atom. The first-order valence-electron chi connectivity index (χ1n) is 7.91. The number of aryl methyl sites for hydroxylation is 1. The number of benzene rings is 2. The average molecular weight is 324 g/mol. The number of para-hydroxylation sites is 1. The molecule has 1 aromatic heterocycles. The van der Waals surface area contributed by atoms with E-state index in [-0.39, 0.29) is 18.6 Å². The van der Waals surface area contributed by atoms with Crippen molar-refractivity contribution in [3.05, 3.63) is 48.0 Å². The summed E-state index contributed by atoms with van der Waals surface area (Å²) in [5.41, 5.74) is 3.38. The summed E-state index contributed by atoms with van der Waals surface area (Å²) >= 11 is 0. The van der Waals surface area contributed by atoms with E-state index >= 15 is 0 Å². The number of carbonyl (C=O) groups excluding carboxylic acids is 1. The molecule has 0 unspecified atom stereocenters. The average Bonchev–Trinajstić information content (AvgIpc) is 2.95. The van der Waals surface area contributed by atoms with E-state index in [1.807, 2.05) is 57.2 Å². The standard InChI is InChI=1S/C19H20N2O3/c1-12(2)20-18(22)11-23-16-7-5-4-6-14(16)19-21-15-10-13(3)8-9-17(15)24-19/h4-10,12H,11H2,1-3H3,(H,20,22). The van der Waals surface area contributed by atoms with Gasteiger partial charge in [0.2, 0.25) is 5.89 Å². The van der Waals surface area contributed by atoms with Crippen LogP contribution in [0, 0.1) is 6.92 Å². The van der Waals surface area contributed by atoms with Gasteiger partial charge in [-0.2, -0.15) is 0 Å². The lowest BCUT2D eigenvalue weighted by molar-refractivity contribution is -0.123. The predicted octanol–water partition coefficient (Wildman–Crippen LogP) is 3.71. The predicted molar refractivity (Wildman–Crippen MR) is 93.0 cm³/mol. The molecule has 0 fully saturated rings. The summed E-state index contributed by atoms with van der Waals surface area (Å²) in [6.07, 6.45) is 0.